The lowest BCUT2D eigenvalue weighted by Gasteiger charge is -2.32. The van der Waals surface area contributed by atoms with Crippen LogP contribution in [-0.2, 0) is 20.7 Å². The largest absolute Gasteiger partial charge is 0.497 e. The summed E-state index contributed by atoms with van der Waals surface area (Å²) in [5.74, 6) is 1.70. The van der Waals surface area contributed by atoms with E-state index in [-0.39, 0.29) is 12.5 Å². The summed E-state index contributed by atoms with van der Waals surface area (Å²) in [6.07, 6.45) is 4.43. The lowest BCUT2D eigenvalue weighted by atomic mass is 9.90. The van der Waals surface area contributed by atoms with E-state index in [0.717, 1.165) is 38.1 Å². The Balaban J connectivity index is 1.64. The van der Waals surface area contributed by atoms with Crippen LogP contribution in [0.4, 0.5) is 0 Å². The van der Waals surface area contributed by atoms with Crippen LogP contribution in [0.15, 0.2) is 24.3 Å². The molecule has 2 rings (SSSR count). The zero-order chi connectivity index (χ0) is 17.2. The van der Waals surface area contributed by atoms with Gasteiger partial charge in [-0.25, -0.2) is 0 Å². The van der Waals surface area contributed by atoms with Crippen molar-refractivity contribution in [3.05, 3.63) is 29.8 Å². The highest BCUT2D eigenvalue weighted by Crippen LogP contribution is 2.23. The highest BCUT2D eigenvalue weighted by atomic mass is 16.5. The van der Waals surface area contributed by atoms with Crippen molar-refractivity contribution in [1.29, 1.82) is 0 Å². The topological polar surface area (TPSA) is 48.0 Å². The van der Waals surface area contributed by atoms with Crippen molar-refractivity contribution in [1.82, 2.24) is 4.90 Å². The fraction of sp³-hybridized carbons (Fsp3) is 0.632. The Labute approximate surface area is 144 Å². The van der Waals surface area contributed by atoms with Crippen LogP contribution in [-0.4, -0.2) is 57.9 Å². The number of hydrogen-bond acceptors (Lipinski definition) is 4. The molecule has 0 bridgehead atoms. The number of likely N-dealkylation sites (tertiary alicyclic amines) is 1. The lowest BCUT2D eigenvalue weighted by Crippen LogP contribution is -2.40. The van der Waals surface area contributed by atoms with E-state index in [9.17, 15) is 4.79 Å². The average molecular weight is 335 g/mol. The Morgan fingerprint density at radius 2 is 1.83 bits per heavy atom. The van der Waals surface area contributed by atoms with Crippen LogP contribution in [0.5, 0.6) is 5.75 Å². The molecule has 0 aliphatic carbocycles. The molecule has 5 nitrogen and oxygen atoms in total. The molecule has 0 saturated carbocycles. The first kappa shape index (κ1) is 18.7. The van der Waals surface area contributed by atoms with Gasteiger partial charge in [0, 0.05) is 20.2 Å². The third kappa shape index (κ3) is 6.13. The van der Waals surface area contributed by atoms with Gasteiger partial charge in [0.1, 0.15) is 12.4 Å². The van der Waals surface area contributed by atoms with Crippen LogP contribution < -0.4 is 4.74 Å². The Kier molecular flexibility index (Phi) is 8.05. The number of aryl methyl sites for hydroxylation is 1. The van der Waals surface area contributed by atoms with Gasteiger partial charge in [0.05, 0.1) is 20.3 Å². The van der Waals surface area contributed by atoms with E-state index in [1.807, 2.05) is 17.0 Å². The van der Waals surface area contributed by atoms with Crippen molar-refractivity contribution in [2.24, 2.45) is 5.92 Å². The van der Waals surface area contributed by atoms with Gasteiger partial charge in [-0.05, 0) is 49.3 Å². The molecular formula is C19H29NO4. The highest BCUT2D eigenvalue weighted by Gasteiger charge is 2.22. The summed E-state index contributed by atoms with van der Waals surface area (Å²) in [5, 5.41) is 0. The van der Waals surface area contributed by atoms with Gasteiger partial charge in [-0.15, -0.1) is 0 Å². The van der Waals surface area contributed by atoms with Crippen molar-refractivity contribution in [3.63, 3.8) is 0 Å². The number of piperidine rings is 1. The summed E-state index contributed by atoms with van der Waals surface area (Å²) in [6, 6.07) is 8.30. The molecule has 1 heterocycles. The third-order valence-electron chi connectivity index (χ3n) is 4.62. The van der Waals surface area contributed by atoms with Crippen molar-refractivity contribution in [2.75, 3.05) is 47.1 Å². The molecule has 1 fully saturated rings. The van der Waals surface area contributed by atoms with Gasteiger partial charge < -0.3 is 19.1 Å². The Bertz CT molecular complexity index is 481. The second-order valence-corrected chi connectivity index (χ2v) is 6.26. The fourth-order valence-electron chi connectivity index (χ4n) is 3.03. The van der Waals surface area contributed by atoms with Gasteiger partial charge >= 0.3 is 0 Å². The number of benzene rings is 1. The first-order valence-electron chi connectivity index (χ1n) is 8.70. The Morgan fingerprint density at radius 1 is 1.12 bits per heavy atom. The van der Waals surface area contributed by atoms with E-state index >= 15 is 0 Å². The number of methoxy groups -OCH3 is 2. The Hall–Kier alpha value is -1.59. The van der Waals surface area contributed by atoms with Crippen LogP contribution in [0, 0.1) is 5.92 Å². The number of carbonyl (C=O) groups is 1. The maximum Gasteiger partial charge on any atom is 0.248 e. The van der Waals surface area contributed by atoms with E-state index in [1.165, 1.54) is 12.0 Å². The lowest BCUT2D eigenvalue weighted by molar-refractivity contribution is -0.138. The fourth-order valence-corrected chi connectivity index (χ4v) is 3.03. The minimum atomic E-state index is 0.0970. The van der Waals surface area contributed by atoms with Crippen LogP contribution >= 0.6 is 0 Å². The van der Waals surface area contributed by atoms with Gasteiger partial charge in [-0.1, -0.05) is 12.1 Å². The van der Waals surface area contributed by atoms with Crippen molar-refractivity contribution in [3.8, 4) is 5.75 Å². The van der Waals surface area contributed by atoms with E-state index in [2.05, 4.69) is 12.1 Å². The predicted molar refractivity (Wildman–Crippen MR) is 93.3 cm³/mol. The molecule has 0 radical (unpaired) electrons. The zero-order valence-electron chi connectivity index (χ0n) is 14.8. The second-order valence-electron chi connectivity index (χ2n) is 6.26. The smallest absolute Gasteiger partial charge is 0.248 e. The van der Waals surface area contributed by atoms with E-state index in [0.29, 0.717) is 19.1 Å². The zero-order valence-corrected chi connectivity index (χ0v) is 14.8. The minimum absolute atomic E-state index is 0.0970. The maximum absolute atomic E-state index is 12.1. The molecule has 0 unspecified atom stereocenters. The van der Waals surface area contributed by atoms with E-state index in [1.54, 1.807) is 14.2 Å². The first-order chi connectivity index (χ1) is 11.7. The molecule has 0 atom stereocenters. The molecule has 0 spiro atoms. The maximum atomic E-state index is 12.1. The van der Waals surface area contributed by atoms with Gasteiger partial charge in [-0.2, -0.15) is 0 Å². The van der Waals surface area contributed by atoms with Gasteiger partial charge in [-0.3, -0.25) is 4.79 Å². The number of ether oxygens (including phenoxy) is 3. The number of carbonyl (C=O) groups excluding carboxylic acids is 1. The van der Waals surface area contributed by atoms with E-state index in [4.69, 9.17) is 14.2 Å². The average Bonchev–Trinajstić information content (AvgIpc) is 2.64. The second kappa shape index (κ2) is 10.3. The summed E-state index contributed by atoms with van der Waals surface area (Å²) in [7, 11) is 3.31. The molecule has 1 saturated heterocycles. The molecule has 24 heavy (non-hydrogen) atoms. The summed E-state index contributed by atoms with van der Waals surface area (Å²) >= 11 is 0. The van der Waals surface area contributed by atoms with Crippen LogP contribution in [0.25, 0.3) is 0 Å². The van der Waals surface area contributed by atoms with E-state index < -0.39 is 0 Å². The molecule has 1 aromatic rings. The quantitative estimate of drug-likeness (QED) is 0.651. The van der Waals surface area contributed by atoms with Gasteiger partial charge in [0.15, 0.2) is 0 Å². The highest BCUT2D eigenvalue weighted by molar-refractivity contribution is 5.77. The molecule has 5 heteroatoms. The predicted octanol–water partition coefficient (Wildman–Crippen LogP) is 2.53. The summed E-state index contributed by atoms with van der Waals surface area (Å²) in [4.78, 5) is 14.0. The summed E-state index contributed by atoms with van der Waals surface area (Å²) in [6.45, 7) is 2.86. The van der Waals surface area contributed by atoms with Crippen molar-refractivity contribution < 1.29 is 19.0 Å². The normalized spacial score (nSPS) is 15.5. The monoisotopic (exact) mass is 335 g/mol. The number of nitrogens with zero attached hydrogens (tertiary/aromatic N) is 1. The van der Waals surface area contributed by atoms with Crippen molar-refractivity contribution in [2.45, 2.75) is 25.7 Å². The molecule has 1 amide bonds. The standard InChI is InChI=1S/C19H29NO4/c1-22-13-14-24-15-19(21)20-11-9-17(10-12-20)4-3-16-5-7-18(23-2)8-6-16/h5-8,17H,3-4,9-15H2,1-2H3. The third-order valence-corrected chi connectivity index (χ3v) is 4.62. The number of hydrogen-bond donors (Lipinski definition) is 0. The molecule has 0 N–H and O–H groups in total. The van der Waals surface area contributed by atoms with Gasteiger partial charge in [0.2, 0.25) is 5.91 Å². The van der Waals surface area contributed by atoms with Crippen LogP contribution in [0.1, 0.15) is 24.8 Å². The minimum Gasteiger partial charge on any atom is -0.497 e. The molecule has 1 aliphatic heterocycles. The molecule has 1 aliphatic rings. The van der Waals surface area contributed by atoms with Crippen molar-refractivity contribution >= 4 is 5.91 Å². The summed E-state index contributed by atoms with van der Waals surface area (Å²) < 4.78 is 15.4. The van der Waals surface area contributed by atoms with Crippen LogP contribution in [0.3, 0.4) is 0 Å². The molecule has 1 aromatic carbocycles. The molecular weight excluding hydrogens is 306 g/mol. The summed E-state index contributed by atoms with van der Waals surface area (Å²) in [5.41, 5.74) is 1.35. The van der Waals surface area contributed by atoms with Gasteiger partial charge in [0.25, 0.3) is 0 Å². The number of amides is 1. The number of rotatable bonds is 9. The SMILES string of the molecule is COCCOCC(=O)N1CCC(CCc2ccc(OC)cc2)CC1. The first-order valence-corrected chi connectivity index (χ1v) is 8.70. The molecule has 134 valence electrons. The Morgan fingerprint density at radius 3 is 2.46 bits per heavy atom. The van der Waals surface area contributed by atoms with Crippen LogP contribution in [0.2, 0.25) is 0 Å². The molecule has 0 aromatic heterocycles.